The predicted octanol–water partition coefficient (Wildman–Crippen LogP) is 4.27. The monoisotopic (exact) mass is 264 g/mol. The Morgan fingerprint density at radius 2 is 1.79 bits per heavy atom. The molecule has 0 amide bonds. The Morgan fingerprint density at radius 1 is 1.05 bits per heavy atom. The van der Waals surface area contributed by atoms with E-state index in [1.54, 1.807) is 0 Å². The van der Waals surface area contributed by atoms with Crippen molar-refractivity contribution in [1.82, 2.24) is 0 Å². The van der Waals surface area contributed by atoms with Crippen LogP contribution in [0.5, 0.6) is 5.75 Å². The zero-order chi connectivity index (χ0) is 13.9. The molecule has 1 aromatic rings. The summed E-state index contributed by atoms with van der Waals surface area (Å²) >= 11 is 0. The van der Waals surface area contributed by atoms with Crippen LogP contribution in [0.2, 0.25) is 0 Å². The Bertz CT molecular complexity index is 347. The number of rotatable bonds is 10. The number of benzene rings is 1. The Labute approximate surface area is 117 Å². The number of hydrogen-bond donors (Lipinski definition) is 1. The zero-order valence-electron chi connectivity index (χ0n) is 12.5. The maximum atomic E-state index is 8.81. The summed E-state index contributed by atoms with van der Waals surface area (Å²) in [5.74, 6) is 0.914. The van der Waals surface area contributed by atoms with Gasteiger partial charge in [0.1, 0.15) is 12.4 Å². The van der Waals surface area contributed by atoms with Crippen molar-refractivity contribution in [2.75, 3.05) is 13.2 Å². The third-order valence-electron chi connectivity index (χ3n) is 3.42. The standard InChI is InChI=1S/C17H28O2/c1-3-4-5-6-7-8-9-16-11-10-15(2)17(14-16)19-13-12-18/h10-11,14,18H,3-9,12-13H2,1-2H3. The summed E-state index contributed by atoms with van der Waals surface area (Å²) < 4.78 is 5.54. The first-order valence-corrected chi connectivity index (χ1v) is 7.61. The predicted molar refractivity (Wildman–Crippen MR) is 80.8 cm³/mol. The Morgan fingerprint density at radius 3 is 2.53 bits per heavy atom. The lowest BCUT2D eigenvalue weighted by atomic mass is 10.0. The van der Waals surface area contributed by atoms with Crippen LogP contribution in [0.3, 0.4) is 0 Å². The van der Waals surface area contributed by atoms with Crippen molar-refractivity contribution >= 4 is 0 Å². The highest BCUT2D eigenvalue weighted by atomic mass is 16.5. The summed E-state index contributed by atoms with van der Waals surface area (Å²) in [5, 5.41) is 8.81. The molecule has 0 atom stereocenters. The molecule has 0 heterocycles. The van der Waals surface area contributed by atoms with Gasteiger partial charge in [-0.1, -0.05) is 51.2 Å². The summed E-state index contributed by atoms with van der Waals surface area (Å²) in [4.78, 5) is 0. The number of aryl methyl sites for hydroxylation is 2. The molecule has 0 radical (unpaired) electrons. The van der Waals surface area contributed by atoms with E-state index in [0.717, 1.165) is 17.7 Å². The molecule has 108 valence electrons. The van der Waals surface area contributed by atoms with E-state index in [4.69, 9.17) is 9.84 Å². The molecule has 0 aliphatic rings. The van der Waals surface area contributed by atoms with Gasteiger partial charge in [0.05, 0.1) is 6.61 Å². The van der Waals surface area contributed by atoms with Gasteiger partial charge in [0.15, 0.2) is 0 Å². The fraction of sp³-hybridized carbons (Fsp3) is 0.647. The van der Waals surface area contributed by atoms with E-state index in [1.807, 2.05) is 6.92 Å². The van der Waals surface area contributed by atoms with Crippen molar-refractivity contribution in [3.8, 4) is 5.75 Å². The van der Waals surface area contributed by atoms with Crippen LogP contribution in [0, 0.1) is 6.92 Å². The van der Waals surface area contributed by atoms with Gasteiger partial charge in [-0.25, -0.2) is 0 Å². The largest absolute Gasteiger partial charge is 0.491 e. The van der Waals surface area contributed by atoms with Crippen LogP contribution in [-0.2, 0) is 6.42 Å². The first-order chi connectivity index (χ1) is 9.27. The highest BCUT2D eigenvalue weighted by Crippen LogP contribution is 2.21. The minimum Gasteiger partial charge on any atom is -0.491 e. The number of aliphatic hydroxyl groups excluding tert-OH is 1. The van der Waals surface area contributed by atoms with Gasteiger partial charge in [-0.3, -0.25) is 0 Å². The minimum atomic E-state index is 0.0705. The fourth-order valence-electron chi connectivity index (χ4n) is 2.22. The number of aliphatic hydroxyl groups is 1. The van der Waals surface area contributed by atoms with Gasteiger partial charge in [-0.15, -0.1) is 0 Å². The van der Waals surface area contributed by atoms with Gasteiger partial charge in [0.25, 0.3) is 0 Å². The maximum absolute atomic E-state index is 8.81. The van der Waals surface area contributed by atoms with Gasteiger partial charge in [-0.05, 0) is 37.0 Å². The molecule has 1 N–H and O–H groups in total. The van der Waals surface area contributed by atoms with Crippen LogP contribution in [0.25, 0.3) is 0 Å². The number of unbranched alkanes of at least 4 members (excludes halogenated alkanes) is 5. The van der Waals surface area contributed by atoms with Crippen molar-refractivity contribution in [2.24, 2.45) is 0 Å². The average Bonchev–Trinajstić information content (AvgIpc) is 2.43. The Balaban J connectivity index is 2.33. The fourth-order valence-corrected chi connectivity index (χ4v) is 2.22. The van der Waals surface area contributed by atoms with E-state index in [0.29, 0.717) is 6.61 Å². The van der Waals surface area contributed by atoms with Crippen LogP contribution < -0.4 is 4.74 Å². The molecule has 0 aromatic heterocycles. The SMILES string of the molecule is CCCCCCCCc1ccc(C)c(OCCO)c1. The third kappa shape index (κ3) is 6.63. The molecule has 0 saturated carbocycles. The molecule has 0 saturated heterocycles. The summed E-state index contributed by atoms with van der Waals surface area (Å²) in [6, 6.07) is 6.42. The lowest BCUT2D eigenvalue weighted by Gasteiger charge is -2.10. The van der Waals surface area contributed by atoms with Crippen molar-refractivity contribution < 1.29 is 9.84 Å². The van der Waals surface area contributed by atoms with Crippen LogP contribution in [0.15, 0.2) is 18.2 Å². The average molecular weight is 264 g/mol. The lowest BCUT2D eigenvalue weighted by Crippen LogP contribution is -2.03. The molecule has 0 unspecified atom stereocenters. The summed E-state index contributed by atoms with van der Waals surface area (Å²) in [7, 11) is 0. The minimum absolute atomic E-state index is 0.0705. The molecule has 1 aromatic carbocycles. The molecule has 2 heteroatoms. The molecule has 0 bridgehead atoms. The van der Waals surface area contributed by atoms with Crippen molar-refractivity contribution in [3.05, 3.63) is 29.3 Å². The summed E-state index contributed by atoms with van der Waals surface area (Å²) in [6.45, 7) is 4.74. The highest BCUT2D eigenvalue weighted by Gasteiger charge is 2.02. The Hall–Kier alpha value is -1.02. The summed E-state index contributed by atoms with van der Waals surface area (Å²) in [6.07, 6.45) is 9.10. The van der Waals surface area contributed by atoms with Crippen LogP contribution in [0.1, 0.15) is 56.6 Å². The lowest BCUT2D eigenvalue weighted by molar-refractivity contribution is 0.200. The first kappa shape index (κ1) is 16.0. The van der Waals surface area contributed by atoms with Crippen LogP contribution >= 0.6 is 0 Å². The van der Waals surface area contributed by atoms with Gasteiger partial charge in [-0.2, -0.15) is 0 Å². The number of ether oxygens (including phenoxy) is 1. The summed E-state index contributed by atoms with van der Waals surface area (Å²) in [5.41, 5.74) is 2.48. The second-order valence-corrected chi connectivity index (χ2v) is 5.19. The van der Waals surface area contributed by atoms with Gasteiger partial charge in [0, 0.05) is 0 Å². The smallest absolute Gasteiger partial charge is 0.122 e. The van der Waals surface area contributed by atoms with Crippen molar-refractivity contribution in [1.29, 1.82) is 0 Å². The van der Waals surface area contributed by atoms with Gasteiger partial charge < -0.3 is 9.84 Å². The molecule has 1 rings (SSSR count). The van der Waals surface area contributed by atoms with Crippen LogP contribution in [-0.4, -0.2) is 18.3 Å². The topological polar surface area (TPSA) is 29.5 Å². The molecule has 0 aliphatic carbocycles. The van der Waals surface area contributed by atoms with E-state index >= 15 is 0 Å². The van der Waals surface area contributed by atoms with E-state index < -0.39 is 0 Å². The molecule has 19 heavy (non-hydrogen) atoms. The molecular formula is C17H28O2. The van der Waals surface area contributed by atoms with E-state index in [-0.39, 0.29) is 6.61 Å². The quantitative estimate of drug-likeness (QED) is 0.639. The molecule has 0 spiro atoms. The van der Waals surface area contributed by atoms with E-state index in [2.05, 4.69) is 25.1 Å². The number of hydrogen-bond acceptors (Lipinski definition) is 2. The third-order valence-corrected chi connectivity index (χ3v) is 3.42. The first-order valence-electron chi connectivity index (χ1n) is 7.61. The second kappa shape index (κ2) is 9.85. The zero-order valence-corrected chi connectivity index (χ0v) is 12.5. The molecule has 0 aliphatic heterocycles. The van der Waals surface area contributed by atoms with E-state index in [1.165, 1.54) is 44.1 Å². The molecule has 0 fully saturated rings. The highest BCUT2D eigenvalue weighted by molar-refractivity contribution is 5.36. The van der Waals surface area contributed by atoms with E-state index in [9.17, 15) is 0 Å². The maximum Gasteiger partial charge on any atom is 0.122 e. The van der Waals surface area contributed by atoms with Gasteiger partial charge in [0.2, 0.25) is 0 Å². The second-order valence-electron chi connectivity index (χ2n) is 5.19. The van der Waals surface area contributed by atoms with Gasteiger partial charge >= 0.3 is 0 Å². The van der Waals surface area contributed by atoms with Crippen molar-refractivity contribution in [2.45, 2.75) is 58.8 Å². The Kier molecular flexibility index (Phi) is 8.31. The van der Waals surface area contributed by atoms with Crippen molar-refractivity contribution in [3.63, 3.8) is 0 Å². The normalized spacial score (nSPS) is 10.7. The van der Waals surface area contributed by atoms with Crippen LogP contribution in [0.4, 0.5) is 0 Å². The molecular weight excluding hydrogens is 236 g/mol. The molecule has 2 nitrogen and oxygen atoms in total.